The van der Waals surface area contributed by atoms with Gasteiger partial charge in [0.2, 0.25) is 5.66 Å². The molecular weight excluding hydrogens is 139 g/mol. The van der Waals surface area contributed by atoms with Gasteiger partial charge in [-0.1, -0.05) is 0 Å². The highest BCUT2D eigenvalue weighted by atomic mass is 31.1. The van der Waals surface area contributed by atoms with Gasteiger partial charge in [0.15, 0.2) is 5.78 Å². The number of hydrogen-bond acceptors (Lipinski definition) is 3. The van der Waals surface area contributed by atoms with E-state index in [1.165, 1.54) is 14.0 Å². The van der Waals surface area contributed by atoms with Gasteiger partial charge in [0.05, 0.1) is 7.11 Å². The van der Waals surface area contributed by atoms with Gasteiger partial charge in [-0.15, -0.1) is 4.52 Å². The van der Waals surface area contributed by atoms with E-state index < -0.39 is 13.7 Å². The first-order valence-corrected chi connectivity index (χ1v) is 3.85. The monoisotopic (exact) mass is 149 g/mol. The Hall–Kier alpha value is -0.270. The summed E-state index contributed by atoms with van der Waals surface area (Å²) in [5.41, 5.74) is -0.468. The molecule has 0 N–H and O–H groups in total. The van der Waals surface area contributed by atoms with Crippen LogP contribution in [0.4, 0.5) is 0 Å². The molecule has 4 heteroatoms. The highest BCUT2D eigenvalue weighted by molar-refractivity contribution is 7.41. The molecule has 0 saturated carbocycles. The van der Waals surface area contributed by atoms with Gasteiger partial charge in [0.1, 0.15) is 0 Å². The molecule has 2 atom stereocenters. The molecule has 0 spiro atoms. The Labute approximate surface area is 55.3 Å². The fraction of sp³-hybridized carbons (Fsp3) is 0.800. The summed E-state index contributed by atoms with van der Waals surface area (Å²) in [5, 5.41) is 0. The fourth-order valence-corrected chi connectivity index (χ4v) is 0.920. The summed E-state index contributed by atoms with van der Waals surface area (Å²) in [6.45, 7) is 2.99. The van der Waals surface area contributed by atoms with E-state index >= 15 is 0 Å². The number of Topliss-reactive ketones (excluding diaryl/α,β-unsaturated/α-hetero) is 1. The summed E-state index contributed by atoms with van der Waals surface area (Å²) in [7, 11) is -0.447. The molecule has 0 aliphatic rings. The molecule has 52 valence electrons. The van der Waals surface area contributed by atoms with E-state index in [2.05, 4.69) is 4.52 Å². The number of hydrogen-bond donors (Lipinski definition) is 0. The lowest BCUT2D eigenvalue weighted by Gasteiger charge is -1.88. The Balaban J connectivity index is 3.88. The minimum Gasteiger partial charge on any atom is -0.295 e. The molecule has 0 aromatic heterocycles. The average Bonchev–Trinajstić information content (AvgIpc) is 1.84. The van der Waals surface area contributed by atoms with Crippen LogP contribution in [0.2, 0.25) is 0 Å². The second-order valence-corrected chi connectivity index (χ2v) is 3.47. The lowest BCUT2D eigenvalue weighted by molar-refractivity contribution is -0.116. The predicted molar refractivity (Wildman–Crippen MR) is 34.8 cm³/mol. The van der Waals surface area contributed by atoms with E-state index in [1.54, 1.807) is 6.92 Å². The van der Waals surface area contributed by atoms with E-state index in [-0.39, 0.29) is 5.78 Å². The zero-order chi connectivity index (χ0) is 7.44. The highest BCUT2D eigenvalue weighted by Crippen LogP contribution is 2.27. The average molecular weight is 149 g/mol. The molecule has 0 amide bonds. The normalized spacial score (nSPS) is 14.8. The number of rotatable bonds is 3. The van der Waals surface area contributed by atoms with Crippen molar-refractivity contribution in [2.45, 2.75) is 19.5 Å². The molecule has 0 rings (SSSR count). The molecule has 9 heavy (non-hydrogen) atoms. The van der Waals surface area contributed by atoms with Gasteiger partial charge in [-0.2, -0.15) is 0 Å². The van der Waals surface area contributed by atoms with Crippen molar-refractivity contribution in [2.24, 2.45) is 0 Å². The van der Waals surface area contributed by atoms with Crippen molar-refractivity contribution in [3.8, 4) is 0 Å². The van der Waals surface area contributed by atoms with Crippen LogP contribution in [-0.4, -0.2) is 18.6 Å². The minimum absolute atomic E-state index is 0.0991. The standard InChI is InChI=1S/C5H10O3P/c1-4(6)5(2)9(7)8-3/h5H,1-3H3/q+1. The van der Waals surface area contributed by atoms with Crippen molar-refractivity contribution in [3.05, 3.63) is 0 Å². The lowest BCUT2D eigenvalue weighted by atomic mass is 10.3. The molecule has 0 aromatic carbocycles. The third-order valence-corrected chi connectivity index (χ3v) is 2.44. The number of carbonyl (C=O) groups excluding carboxylic acids is 1. The second-order valence-electron chi connectivity index (χ2n) is 1.75. The maximum atomic E-state index is 10.7. The van der Waals surface area contributed by atoms with Gasteiger partial charge in [-0.25, -0.2) is 0 Å². The largest absolute Gasteiger partial charge is 0.518 e. The van der Waals surface area contributed by atoms with Gasteiger partial charge < -0.3 is 0 Å². The first-order chi connectivity index (χ1) is 4.09. The third-order valence-electron chi connectivity index (χ3n) is 1.08. The Morgan fingerprint density at radius 2 is 2.11 bits per heavy atom. The summed E-state index contributed by atoms with van der Waals surface area (Å²) in [5.74, 6) is -0.0991. The molecule has 0 heterocycles. The van der Waals surface area contributed by atoms with Crippen molar-refractivity contribution in [1.29, 1.82) is 0 Å². The number of carbonyl (C=O) groups is 1. The first kappa shape index (κ1) is 8.73. The molecule has 0 saturated heterocycles. The molecule has 0 radical (unpaired) electrons. The third kappa shape index (κ3) is 2.68. The summed E-state index contributed by atoms with van der Waals surface area (Å²) in [4.78, 5) is 10.5. The Morgan fingerprint density at radius 1 is 1.67 bits per heavy atom. The van der Waals surface area contributed by atoms with Crippen LogP contribution in [0.1, 0.15) is 13.8 Å². The number of ketones is 1. The van der Waals surface area contributed by atoms with Crippen LogP contribution < -0.4 is 0 Å². The van der Waals surface area contributed by atoms with Gasteiger partial charge in [0, 0.05) is 0 Å². The molecule has 0 aliphatic carbocycles. The fourth-order valence-electron chi connectivity index (χ4n) is 0.307. The minimum atomic E-state index is -1.78. The zero-order valence-corrected chi connectivity index (χ0v) is 6.64. The molecular formula is C5H10O3P+. The van der Waals surface area contributed by atoms with Crippen molar-refractivity contribution < 1.29 is 13.9 Å². The zero-order valence-electron chi connectivity index (χ0n) is 5.75. The van der Waals surface area contributed by atoms with Crippen molar-refractivity contribution >= 4 is 13.8 Å². The molecule has 2 unspecified atom stereocenters. The predicted octanol–water partition coefficient (Wildman–Crippen LogP) is 1.35. The van der Waals surface area contributed by atoms with Crippen LogP contribution in [0.25, 0.3) is 0 Å². The highest BCUT2D eigenvalue weighted by Gasteiger charge is 2.30. The van der Waals surface area contributed by atoms with Crippen LogP contribution in [0.15, 0.2) is 0 Å². The summed E-state index contributed by atoms with van der Waals surface area (Å²) < 4.78 is 15.1. The molecule has 0 aliphatic heterocycles. The molecule has 0 bridgehead atoms. The van der Waals surface area contributed by atoms with Crippen LogP contribution in [-0.2, 0) is 13.9 Å². The second kappa shape index (κ2) is 3.70. The van der Waals surface area contributed by atoms with E-state index in [4.69, 9.17) is 0 Å². The molecule has 0 aromatic rings. The van der Waals surface area contributed by atoms with E-state index in [0.29, 0.717) is 0 Å². The quantitative estimate of drug-likeness (QED) is 0.569. The van der Waals surface area contributed by atoms with Crippen LogP contribution in [0, 0.1) is 0 Å². The summed E-state index contributed by atoms with van der Waals surface area (Å²) in [6, 6.07) is 0. The Morgan fingerprint density at radius 3 is 2.22 bits per heavy atom. The maximum absolute atomic E-state index is 10.7. The summed E-state index contributed by atoms with van der Waals surface area (Å²) >= 11 is 0. The Kier molecular flexibility index (Phi) is 3.59. The maximum Gasteiger partial charge on any atom is 0.518 e. The Bertz CT molecular complexity index is 132. The van der Waals surface area contributed by atoms with Gasteiger partial charge >= 0.3 is 8.03 Å². The smallest absolute Gasteiger partial charge is 0.295 e. The van der Waals surface area contributed by atoms with Crippen LogP contribution >= 0.6 is 8.03 Å². The van der Waals surface area contributed by atoms with Gasteiger partial charge in [-0.05, 0) is 18.4 Å². The molecule has 0 fully saturated rings. The molecule has 3 nitrogen and oxygen atoms in total. The van der Waals surface area contributed by atoms with Crippen molar-refractivity contribution in [1.82, 2.24) is 0 Å². The van der Waals surface area contributed by atoms with Gasteiger partial charge in [-0.3, -0.25) is 4.79 Å². The van der Waals surface area contributed by atoms with Crippen molar-refractivity contribution in [3.63, 3.8) is 0 Å². The summed E-state index contributed by atoms with van der Waals surface area (Å²) in [6.07, 6.45) is 0. The first-order valence-electron chi connectivity index (χ1n) is 2.60. The van der Waals surface area contributed by atoms with Crippen LogP contribution in [0.3, 0.4) is 0 Å². The van der Waals surface area contributed by atoms with E-state index in [0.717, 1.165) is 0 Å². The van der Waals surface area contributed by atoms with Crippen molar-refractivity contribution in [2.75, 3.05) is 7.11 Å². The lowest BCUT2D eigenvalue weighted by Crippen LogP contribution is -2.07. The van der Waals surface area contributed by atoms with E-state index in [1.807, 2.05) is 0 Å². The topological polar surface area (TPSA) is 43.4 Å². The van der Waals surface area contributed by atoms with Gasteiger partial charge in [0.25, 0.3) is 0 Å². The van der Waals surface area contributed by atoms with Crippen LogP contribution in [0.5, 0.6) is 0 Å². The SMILES string of the molecule is CO[P+](=O)C(C)C(C)=O. The van der Waals surface area contributed by atoms with E-state index in [9.17, 15) is 9.36 Å².